The van der Waals surface area contributed by atoms with Crippen molar-refractivity contribution in [2.45, 2.75) is 43.9 Å². The highest BCUT2D eigenvalue weighted by molar-refractivity contribution is 7.89. The standard InChI is InChI=1S/C12H21N3O4S/c1-3-5-15-7-11(14-10(15)2)20(17,18)13-8-12(16)4-6-19-9-12/h7,13,16H,3-6,8-9H2,1-2H3. The minimum Gasteiger partial charge on any atom is -0.386 e. The molecule has 7 nitrogen and oxygen atoms in total. The molecule has 0 saturated carbocycles. The number of nitrogens with zero attached hydrogens (tertiary/aromatic N) is 2. The van der Waals surface area contributed by atoms with E-state index in [0.717, 1.165) is 13.0 Å². The van der Waals surface area contributed by atoms with Crippen LogP contribution in [0.25, 0.3) is 0 Å². The van der Waals surface area contributed by atoms with Crippen molar-refractivity contribution >= 4 is 10.0 Å². The van der Waals surface area contributed by atoms with Crippen LogP contribution < -0.4 is 4.72 Å². The summed E-state index contributed by atoms with van der Waals surface area (Å²) in [6, 6.07) is 0. The van der Waals surface area contributed by atoms with Crippen LogP contribution in [0.15, 0.2) is 11.2 Å². The Morgan fingerprint density at radius 1 is 1.60 bits per heavy atom. The summed E-state index contributed by atoms with van der Waals surface area (Å²) in [6.45, 7) is 5.05. The second-order valence-electron chi connectivity index (χ2n) is 5.17. The topological polar surface area (TPSA) is 93.5 Å². The molecule has 0 radical (unpaired) electrons. The number of hydrogen-bond acceptors (Lipinski definition) is 5. The van der Waals surface area contributed by atoms with Gasteiger partial charge in [0.15, 0.2) is 5.03 Å². The van der Waals surface area contributed by atoms with Crippen molar-refractivity contribution in [3.05, 3.63) is 12.0 Å². The minimum absolute atomic E-state index is 0.00837. The molecule has 1 fully saturated rings. The van der Waals surface area contributed by atoms with Crippen molar-refractivity contribution in [1.29, 1.82) is 0 Å². The van der Waals surface area contributed by atoms with Crippen molar-refractivity contribution in [3.8, 4) is 0 Å². The number of sulfonamides is 1. The second kappa shape index (κ2) is 5.80. The van der Waals surface area contributed by atoms with E-state index >= 15 is 0 Å². The first-order valence-corrected chi connectivity index (χ1v) is 8.18. The average Bonchev–Trinajstić information content (AvgIpc) is 2.97. The zero-order valence-corrected chi connectivity index (χ0v) is 12.6. The van der Waals surface area contributed by atoms with E-state index in [4.69, 9.17) is 4.74 Å². The molecule has 2 N–H and O–H groups in total. The number of ether oxygens (including phenoxy) is 1. The molecule has 0 amide bonds. The van der Waals surface area contributed by atoms with E-state index < -0.39 is 15.6 Å². The molecule has 2 heterocycles. The van der Waals surface area contributed by atoms with Crippen LogP contribution in [0.3, 0.4) is 0 Å². The number of rotatable bonds is 6. The van der Waals surface area contributed by atoms with Gasteiger partial charge in [0.05, 0.1) is 6.61 Å². The highest BCUT2D eigenvalue weighted by Crippen LogP contribution is 2.18. The lowest BCUT2D eigenvalue weighted by Gasteiger charge is -2.20. The average molecular weight is 303 g/mol. The van der Waals surface area contributed by atoms with Crippen LogP contribution in [-0.2, 0) is 21.3 Å². The van der Waals surface area contributed by atoms with E-state index in [1.807, 2.05) is 11.5 Å². The van der Waals surface area contributed by atoms with Crippen molar-refractivity contribution < 1.29 is 18.3 Å². The van der Waals surface area contributed by atoms with Crippen molar-refractivity contribution in [2.75, 3.05) is 19.8 Å². The fourth-order valence-electron chi connectivity index (χ4n) is 2.12. The van der Waals surface area contributed by atoms with Gasteiger partial charge in [0.1, 0.15) is 11.4 Å². The quantitative estimate of drug-likeness (QED) is 0.773. The normalized spacial score (nSPS) is 23.4. The van der Waals surface area contributed by atoms with Crippen molar-refractivity contribution in [1.82, 2.24) is 14.3 Å². The zero-order valence-electron chi connectivity index (χ0n) is 11.8. The van der Waals surface area contributed by atoms with E-state index in [-0.39, 0.29) is 18.2 Å². The molecule has 1 unspecified atom stereocenters. The molecule has 1 aliphatic rings. The first-order chi connectivity index (χ1) is 9.36. The number of aliphatic hydroxyl groups is 1. The third-order valence-corrected chi connectivity index (χ3v) is 4.64. The molecule has 0 spiro atoms. The highest BCUT2D eigenvalue weighted by Gasteiger charge is 2.34. The number of imidazole rings is 1. The predicted molar refractivity (Wildman–Crippen MR) is 72.8 cm³/mol. The lowest BCUT2D eigenvalue weighted by atomic mass is 10.1. The Morgan fingerprint density at radius 2 is 2.35 bits per heavy atom. The molecule has 20 heavy (non-hydrogen) atoms. The Hall–Kier alpha value is -0.960. The molecule has 1 aromatic heterocycles. The summed E-state index contributed by atoms with van der Waals surface area (Å²) < 4.78 is 33.6. The van der Waals surface area contributed by atoms with Crippen molar-refractivity contribution in [2.24, 2.45) is 0 Å². The van der Waals surface area contributed by atoms with Gasteiger partial charge in [-0.2, -0.15) is 0 Å². The summed E-state index contributed by atoms with van der Waals surface area (Å²) >= 11 is 0. The van der Waals surface area contributed by atoms with Gasteiger partial charge < -0.3 is 14.4 Å². The maximum atomic E-state index is 12.2. The Morgan fingerprint density at radius 3 is 2.95 bits per heavy atom. The summed E-state index contributed by atoms with van der Waals surface area (Å²) in [5, 5.41) is 10.1. The molecule has 114 valence electrons. The second-order valence-corrected chi connectivity index (χ2v) is 6.89. The number of nitrogens with one attached hydrogen (secondary N) is 1. The van der Waals surface area contributed by atoms with Crippen LogP contribution >= 0.6 is 0 Å². The minimum atomic E-state index is -3.70. The smallest absolute Gasteiger partial charge is 0.259 e. The van der Waals surface area contributed by atoms with Gasteiger partial charge in [0.2, 0.25) is 0 Å². The van der Waals surface area contributed by atoms with Gasteiger partial charge in [0, 0.05) is 32.3 Å². The van der Waals surface area contributed by atoms with Gasteiger partial charge in [-0.05, 0) is 13.3 Å². The van der Waals surface area contributed by atoms with E-state index in [9.17, 15) is 13.5 Å². The fourth-order valence-corrected chi connectivity index (χ4v) is 3.24. The summed E-state index contributed by atoms with van der Waals surface area (Å²) in [5.41, 5.74) is -1.12. The number of aromatic nitrogens is 2. The summed E-state index contributed by atoms with van der Waals surface area (Å²) in [7, 11) is -3.70. The van der Waals surface area contributed by atoms with E-state index in [2.05, 4.69) is 9.71 Å². The van der Waals surface area contributed by atoms with Gasteiger partial charge in [-0.15, -0.1) is 0 Å². The first kappa shape index (κ1) is 15.4. The summed E-state index contributed by atoms with van der Waals surface area (Å²) in [4.78, 5) is 4.07. The van der Waals surface area contributed by atoms with Crippen LogP contribution in [0.1, 0.15) is 25.6 Å². The molecule has 0 aromatic carbocycles. The zero-order chi connectivity index (χ0) is 14.8. The molecule has 0 aliphatic carbocycles. The van der Waals surface area contributed by atoms with Gasteiger partial charge in [-0.25, -0.2) is 18.1 Å². The third kappa shape index (κ3) is 3.38. The van der Waals surface area contributed by atoms with Gasteiger partial charge in [-0.1, -0.05) is 6.92 Å². The molecular weight excluding hydrogens is 282 g/mol. The van der Waals surface area contributed by atoms with Crippen LogP contribution in [-0.4, -0.2) is 48.4 Å². The number of hydrogen-bond donors (Lipinski definition) is 2. The van der Waals surface area contributed by atoms with E-state index in [1.54, 1.807) is 6.92 Å². The molecule has 1 atom stereocenters. The molecule has 2 rings (SSSR count). The predicted octanol–water partition coefficient (Wildman–Crippen LogP) is 0.0312. The SMILES string of the molecule is CCCn1cc(S(=O)(=O)NCC2(O)CCOC2)nc1C. The molecular formula is C12H21N3O4S. The summed E-state index contributed by atoms with van der Waals surface area (Å²) in [5.74, 6) is 0.662. The molecule has 0 bridgehead atoms. The van der Waals surface area contributed by atoms with Gasteiger partial charge >= 0.3 is 0 Å². The van der Waals surface area contributed by atoms with E-state index in [1.165, 1.54) is 6.20 Å². The van der Waals surface area contributed by atoms with Crippen LogP contribution in [0.4, 0.5) is 0 Å². The van der Waals surface area contributed by atoms with Gasteiger partial charge in [-0.3, -0.25) is 0 Å². The lowest BCUT2D eigenvalue weighted by molar-refractivity contribution is 0.0314. The highest BCUT2D eigenvalue weighted by atomic mass is 32.2. The fraction of sp³-hybridized carbons (Fsp3) is 0.750. The number of aryl methyl sites for hydroxylation is 2. The monoisotopic (exact) mass is 303 g/mol. The Balaban J connectivity index is 2.08. The molecule has 1 aliphatic heterocycles. The van der Waals surface area contributed by atoms with Crippen molar-refractivity contribution in [3.63, 3.8) is 0 Å². The summed E-state index contributed by atoms with van der Waals surface area (Å²) in [6.07, 6.45) is 2.86. The maximum Gasteiger partial charge on any atom is 0.259 e. The lowest BCUT2D eigenvalue weighted by Crippen LogP contribution is -2.43. The third-order valence-electron chi connectivity index (χ3n) is 3.37. The van der Waals surface area contributed by atoms with Crippen LogP contribution in [0.5, 0.6) is 0 Å². The molecule has 1 aromatic rings. The molecule has 1 saturated heterocycles. The van der Waals surface area contributed by atoms with Crippen LogP contribution in [0.2, 0.25) is 0 Å². The Bertz CT molecular complexity index is 561. The van der Waals surface area contributed by atoms with Crippen LogP contribution in [0, 0.1) is 6.92 Å². The molecule has 8 heteroatoms. The largest absolute Gasteiger partial charge is 0.386 e. The maximum absolute atomic E-state index is 12.2. The Labute approximate surface area is 119 Å². The van der Waals surface area contributed by atoms with E-state index in [0.29, 0.717) is 18.9 Å². The Kier molecular flexibility index (Phi) is 4.48. The van der Waals surface area contributed by atoms with Gasteiger partial charge in [0.25, 0.3) is 10.0 Å². The first-order valence-electron chi connectivity index (χ1n) is 6.70.